The van der Waals surface area contributed by atoms with Gasteiger partial charge in [-0.25, -0.2) is 4.79 Å². The van der Waals surface area contributed by atoms with E-state index in [4.69, 9.17) is 9.84 Å². The van der Waals surface area contributed by atoms with Crippen LogP contribution in [0.15, 0.2) is 30.3 Å². The van der Waals surface area contributed by atoms with Gasteiger partial charge in [-0.05, 0) is 25.0 Å². The van der Waals surface area contributed by atoms with Crippen LogP contribution >= 0.6 is 0 Å². The highest BCUT2D eigenvalue weighted by Gasteiger charge is 2.15. The Morgan fingerprint density at radius 3 is 2.75 bits per heavy atom. The number of aryl methyl sites for hydroxylation is 1. The predicted octanol–water partition coefficient (Wildman–Crippen LogP) is 2.36. The van der Waals surface area contributed by atoms with E-state index in [0.717, 1.165) is 23.2 Å². The fraction of sp³-hybridized carbons (Fsp3) is 0.333. The van der Waals surface area contributed by atoms with Gasteiger partial charge in [-0.3, -0.25) is 4.68 Å². The Hall–Kier alpha value is -2.14. The van der Waals surface area contributed by atoms with Gasteiger partial charge in [0.05, 0.1) is 11.8 Å². The fourth-order valence-corrected chi connectivity index (χ4v) is 2.17. The Balaban J connectivity index is 2.44. The van der Waals surface area contributed by atoms with E-state index in [2.05, 4.69) is 5.10 Å². The Morgan fingerprint density at radius 1 is 1.45 bits per heavy atom. The monoisotopic (exact) mass is 274 g/mol. The summed E-state index contributed by atoms with van der Waals surface area (Å²) >= 11 is 0. The number of ether oxygens (including phenoxy) is 1. The summed E-state index contributed by atoms with van der Waals surface area (Å²) in [7, 11) is 3.43. The van der Waals surface area contributed by atoms with Gasteiger partial charge >= 0.3 is 5.97 Å². The molecular formula is C15H18N2O3. The van der Waals surface area contributed by atoms with Crippen LogP contribution in [0, 0.1) is 0 Å². The Kier molecular flexibility index (Phi) is 4.20. The number of hydrogen-bond acceptors (Lipinski definition) is 3. The number of nitrogens with zero attached hydrogens (tertiary/aromatic N) is 2. The molecule has 0 fully saturated rings. The second-order valence-corrected chi connectivity index (χ2v) is 4.75. The molecule has 1 atom stereocenters. The molecule has 0 spiro atoms. The third kappa shape index (κ3) is 2.88. The lowest BCUT2D eigenvalue weighted by molar-refractivity contribution is 0.0689. The van der Waals surface area contributed by atoms with Gasteiger partial charge in [-0.15, -0.1) is 0 Å². The van der Waals surface area contributed by atoms with Crippen molar-refractivity contribution in [3.05, 3.63) is 41.6 Å². The average Bonchev–Trinajstić information content (AvgIpc) is 2.81. The number of aromatic nitrogens is 2. The molecule has 0 amide bonds. The van der Waals surface area contributed by atoms with Crippen LogP contribution in [0.4, 0.5) is 0 Å². The number of hydrogen-bond donors (Lipinski definition) is 1. The summed E-state index contributed by atoms with van der Waals surface area (Å²) in [6.45, 7) is 2.00. The van der Waals surface area contributed by atoms with Crippen LogP contribution in [0.5, 0.6) is 0 Å². The second kappa shape index (κ2) is 5.88. The van der Waals surface area contributed by atoms with Crippen LogP contribution < -0.4 is 0 Å². The lowest BCUT2D eigenvalue weighted by atomic mass is 9.99. The minimum Gasteiger partial charge on any atom is -0.476 e. The summed E-state index contributed by atoms with van der Waals surface area (Å²) in [6, 6.07) is 9.50. The van der Waals surface area contributed by atoms with Crippen LogP contribution in [0.25, 0.3) is 11.3 Å². The van der Waals surface area contributed by atoms with Gasteiger partial charge in [0.2, 0.25) is 0 Å². The number of benzene rings is 1. The summed E-state index contributed by atoms with van der Waals surface area (Å²) in [5.74, 6) is -1.02. The van der Waals surface area contributed by atoms with Gasteiger partial charge in [0, 0.05) is 19.7 Å². The summed E-state index contributed by atoms with van der Waals surface area (Å²) < 4.78 is 6.90. The first-order chi connectivity index (χ1) is 9.52. The predicted molar refractivity (Wildman–Crippen MR) is 75.8 cm³/mol. The molecule has 106 valence electrons. The third-order valence-electron chi connectivity index (χ3n) is 3.30. The lowest BCUT2D eigenvalue weighted by Gasteiger charge is -2.13. The van der Waals surface area contributed by atoms with E-state index in [0.29, 0.717) is 0 Å². The van der Waals surface area contributed by atoms with Crippen molar-refractivity contribution in [3.63, 3.8) is 0 Å². The maximum atomic E-state index is 11.0. The van der Waals surface area contributed by atoms with E-state index in [9.17, 15) is 4.79 Å². The second-order valence-electron chi connectivity index (χ2n) is 4.75. The number of carboxylic acid groups (broad SMARTS) is 1. The zero-order valence-electron chi connectivity index (χ0n) is 11.8. The molecule has 0 aliphatic heterocycles. The zero-order valence-corrected chi connectivity index (χ0v) is 11.8. The minimum atomic E-state index is -1.02. The molecule has 1 unspecified atom stereocenters. The maximum Gasteiger partial charge on any atom is 0.356 e. The van der Waals surface area contributed by atoms with Crippen LogP contribution in [-0.4, -0.2) is 34.1 Å². The summed E-state index contributed by atoms with van der Waals surface area (Å²) in [4.78, 5) is 11.0. The van der Waals surface area contributed by atoms with Crippen molar-refractivity contribution in [2.75, 3.05) is 7.11 Å². The van der Waals surface area contributed by atoms with Crippen LogP contribution in [0.3, 0.4) is 0 Å². The molecule has 0 bridgehead atoms. The average molecular weight is 274 g/mol. The maximum absolute atomic E-state index is 11.0. The first-order valence-electron chi connectivity index (χ1n) is 6.41. The van der Waals surface area contributed by atoms with Crippen molar-refractivity contribution >= 4 is 5.97 Å². The van der Waals surface area contributed by atoms with Crippen molar-refractivity contribution < 1.29 is 14.6 Å². The normalized spacial score (nSPS) is 12.3. The number of rotatable bonds is 5. The molecule has 2 rings (SSSR count). The first kappa shape index (κ1) is 14.3. The topological polar surface area (TPSA) is 64.3 Å². The van der Waals surface area contributed by atoms with E-state index < -0.39 is 5.97 Å². The van der Waals surface area contributed by atoms with E-state index in [-0.39, 0.29) is 11.8 Å². The molecule has 0 aliphatic carbocycles. The summed E-state index contributed by atoms with van der Waals surface area (Å²) in [6.07, 6.45) is 0.864. The third-order valence-corrected chi connectivity index (χ3v) is 3.30. The highest BCUT2D eigenvalue weighted by Crippen LogP contribution is 2.25. The molecule has 0 radical (unpaired) electrons. The first-order valence-corrected chi connectivity index (χ1v) is 6.41. The van der Waals surface area contributed by atoms with Crippen molar-refractivity contribution in [1.82, 2.24) is 9.78 Å². The Labute approximate surface area is 117 Å². The van der Waals surface area contributed by atoms with Gasteiger partial charge in [-0.2, -0.15) is 5.10 Å². The zero-order chi connectivity index (χ0) is 14.7. The molecular weight excluding hydrogens is 256 g/mol. The molecule has 1 aromatic heterocycles. The lowest BCUT2D eigenvalue weighted by Crippen LogP contribution is -2.09. The smallest absolute Gasteiger partial charge is 0.356 e. The van der Waals surface area contributed by atoms with Gasteiger partial charge < -0.3 is 9.84 Å². The molecule has 0 saturated heterocycles. The number of methoxy groups -OCH3 is 1. The fourth-order valence-electron chi connectivity index (χ4n) is 2.17. The SMILES string of the molecule is COC(C)Cc1ccccc1-c1cc(C(=O)O)nn1C. The highest BCUT2D eigenvalue weighted by molar-refractivity contribution is 5.87. The molecule has 5 heteroatoms. The van der Waals surface area contributed by atoms with Crippen molar-refractivity contribution in [3.8, 4) is 11.3 Å². The molecule has 1 aromatic carbocycles. The van der Waals surface area contributed by atoms with Gasteiger partial charge in [0.15, 0.2) is 5.69 Å². The summed E-state index contributed by atoms with van der Waals surface area (Å²) in [5.41, 5.74) is 2.94. The van der Waals surface area contributed by atoms with E-state index in [1.54, 1.807) is 24.9 Å². The van der Waals surface area contributed by atoms with Crippen molar-refractivity contribution in [2.24, 2.45) is 7.05 Å². The standard InChI is InChI=1S/C15H18N2O3/c1-10(20-3)8-11-6-4-5-7-12(11)14-9-13(15(18)19)16-17(14)2/h4-7,9-10H,8H2,1-3H3,(H,18,19). The van der Waals surface area contributed by atoms with E-state index >= 15 is 0 Å². The molecule has 2 aromatic rings. The van der Waals surface area contributed by atoms with Crippen molar-refractivity contribution in [1.29, 1.82) is 0 Å². The molecule has 0 aliphatic rings. The van der Waals surface area contributed by atoms with Crippen LogP contribution in [-0.2, 0) is 18.2 Å². The van der Waals surface area contributed by atoms with Gasteiger partial charge in [0.25, 0.3) is 0 Å². The molecule has 1 N–H and O–H groups in total. The molecule has 0 saturated carbocycles. The number of carbonyl (C=O) groups is 1. The molecule has 5 nitrogen and oxygen atoms in total. The van der Waals surface area contributed by atoms with Crippen LogP contribution in [0.1, 0.15) is 23.0 Å². The van der Waals surface area contributed by atoms with E-state index in [1.807, 2.05) is 31.2 Å². The van der Waals surface area contributed by atoms with E-state index in [1.165, 1.54) is 0 Å². The van der Waals surface area contributed by atoms with Gasteiger partial charge in [0.1, 0.15) is 0 Å². The minimum absolute atomic E-state index is 0.0529. The Bertz CT molecular complexity index is 619. The number of aromatic carboxylic acids is 1. The highest BCUT2D eigenvalue weighted by atomic mass is 16.5. The summed E-state index contributed by atoms with van der Waals surface area (Å²) in [5, 5.41) is 13.0. The molecule has 20 heavy (non-hydrogen) atoms. The number of carboxylic acids is 1. The Morgan fingerprint density at radius 2 is 2.15 bits per heavy atom. The van der Waals surface area contributed by atoms with Crippen LogP contribution in [0.2, 0.25) is 0 Å². The largest absolute Gasteiger partial charge is 0.476 e. The molecule has 1 heterocycles. The van der Waals surface area contributed by atoms with Crippen molar-refractivity contribution in [2.45, 2.75) is 19.4 Å². The quantitative estimate of drug-likeness (QED) is 0.909. The van der Waals surface area contributed by atoms with Gasteiger partial charge in [-0.1, -0.05) is 24.3 Å².